The molecular formula is C11H18N2O2. The third kappa shape index (κ3) is 2.79. The van der Waals surface area contributed by atoms with Crippen LogP contribution >= 0.6 is 0 Å². The number of aromatic nitrogens is 1. The summed E-state index contributed by atoms with van der Waals surface area (Å²) in [5.41, 5.74) is 0. The van der Waals surface area contributed by atoms with Crippen LogP contribution < -0.4 is 5.32 Å². The number of oxazole rings is 1. The maximum Gasteiger partial charge on any atom is 0.223 e. The van der Waals surface area contributed by atoms with E-state index in [2.05, 4.69) is 10.3 Å². The summed E-state index contributed by atoms with van der Waals surface area (Å²) in [4.78, 5) is 4.27. The van der Waals surface area contributed by atoms with Gasteiger partial charge in [0, 0.05) is 19.6 Å². The Morgan fingerprint density at radius 1 is 1.53 bits per heavy atom. The maximum absolute atomic E-state index is 5.65. The topological polar surface area (TPSA) is 47.3 Å². The summed E-state index contributed by atoms with van der Waals surface area (Å²) in [6.07, 6.45) is 6.18. The van der Waals surface area contributed by atoms with Crippen molar-refractivity contribution < 1.29 is 9.15 Å². The fourth-order valence-electron chi connectivity index (χ4n) is 1.77. The molecule has 4 nitrogen and oxygen atoms in total. The van der Waals surface area contributed by atoms with E-state index in [1.807, 2.05) is 13.2 Å². The van der Waals surface area contributed by atoms with E-state index in [0.717, 1.165) is 44.1 Å². The summed E-state index contributed by atoms with van der Waals surface area (Å²) in [6, 6.07) is 0. The first-order chi connectivity index (χ1) is 7.40. The van der Waals surface area contributed by atoms with Gasteiger partial charge in [0.05, 0.1) is 6.20 Å². The predicted octanol–water partition coefficient (Wildman–Crippen LogP) is 1.68. The molecular weight excluding hydrogens is 192 g/mol. The van der Waals surface area contributed by atoms with E-state index in [-0.39, 0.29) is 6.10 Å². The zero-order chi connectivity index (χ0) is 10.5. The lowest BCUT2D eigenvalue weighted by molar-refractivity contribution is -0.00202. The van der Waals surface area contributed by atoms with E-state index in [9.17, 15) is 0 Å². The highest BCUT2D eigenvalue weighted by molar-refractivity contribution is 4.97. The SMILES string of the molecule is CNCCc1cnc(C2CCCCO2)o1. The molecule has 1 aliphatic heterocycles. The number of ether oxygens (including phenoxy) is 1. The minimum Gasteiger partial charge on any atom is -0.443 e. The van der Waals surface area contributed by atoms with Gasteiger partial charge in [-0.3, -0.25) is 0 Å². The van der Waals surface area contributed by atoms with E-state index < -0.39 is 0 Å². The van der Waals surface area contributed by atoms with Crippen molar-refractivity contribution in [2.75, 3.05) is 20.2 Å². The van der Waals surface area contributed by atoms with E-state index >= 15 is 0 Å². The van der Waals surface area contributed by atoms with Gasteiger partial charge in [0.15, 0.2) is 0 Å². The lowest BCUT2D eigenvalue weighted by Crippen LogP contribution is -2.11. The molecule has 1 atom stereocenters. The quantitative estimate of drug-likeness (QED) is 0.821. The fraction of sp³-hybridized carbons (Fsp3) is 0.727. The Morgan fingerprint density at radius 2 is 2.47 bits per heavy atom. The van der Waals surface area contributed by atoms with Crippen LogP contribution in [0.1, 0.15) is 37.0 Å². The summed E-state index contributed by atoms with van der Waals surface area (Å²) in [6.45, 7) is 1.75. The number of nitrogens with zero attached hydrogens (tertiary/aromatic N) is 1. The second-order valence-corrected chi connectivity index (χ2v) is 3.87. The first kappa shape index (κ1) is 10.6. The van der Waals surface area contributed by atoms with Crippen LogP contribution in [0.4, 0.5) is 0 Å². The van der Waals surface area contributed by atoms with Crippen molar-refractivity contribution in [2.24, 2.45) is 0 Å². The van der Waals surface area contributed by atoms with Gasteiger partial charge in [-0.2, -0.15) is 0 Å². The number of hydrogen-bond donors (Lipinski definition) is 1. The van der Waals surface area contributed by atoms with Crippen molar-refractivity contribution in [3.8, 4) is 0 Å². The highest BCUT2D eigenvalue weighted by Gasteiger charge is 2.20. The van der Waals surface area contributed by atoms with Gasteiger partial charge >= 0.3 is 0 Å². The van der Waals surface area contributed by atoms with Gasteiger partial charge in [0.1, 0.15) is 11.9 Å². The molecule has 1 fully saturated rings. The molecule has 2 heterocycles. The average Bonchev–Trinajstić information content (AvgIpc) is 2.76. The van der Waals surface area contributed by atoms with Crippen LogP contribution in [0.3, 0.4) is 0 Å². The monoisotopic (exact) mass is 210 g/mol. The minimum absolute atomic E-state index is 0.0853. The van der Waals surface area contributed by atoms with Crippen molar-refractivity contribution in [3.05, 3.63) is 17.8 Å². The fourth-order valence-corrected chi connectivity index (χ4v) is 1.77. The molecule has 0 saturated carbocycles. The van der Waals surface area contributed by atoms with Gasteiger partial charge in [-0.1, -0.05) is 0 Å². The summed E-state index contributed by atoms with van der Waals surface area (Å²) in [5, 5.41) is 3.09. The second-order valence-electron chi connectivity index (χ2n) is 3.87. The van der Waals surface area contributed by atoms with Gasteiger partial charge in [-0.05, 0) is 26.3 Å². The van der Waals surface area contributed by atoms with E-state index in [4.69, 9.17) is 9.15 Å². The first-order valence-electron chi connectivity index (χ1n) is 5.61. The molecule has 0 amide bonds. The normalized spacial score (nSPS) is 21.8. The molecule has 84 valence electrons. The van der Waals surface area contributed by atoms with Crippen molar-refractivity contribution >= 4 is 0 Å². The minimum atomic E-state index is 0.0853. The third-order valence-corrected chi connectivity index (χ3v) is 2.65. The molecule has 2 rings (SSSR count). The molecule has 15 heavy (non-hydrogen) atoms. The molecule has 4 heteroatoms. The van der Waals surface area contributed by atoms with Crippen molar-refractivity contribution in [2.45, 2.75) is 31.8 Å². The molecule has 0 aliphatic carbocycles. The van der Waals surface area contributed by atoms with Crippen molar-refractivity contribution in [3.63, 3.8) is 0 Å². The third-order valence-electron chi connectivity index (χ3n) is 2.65. The van der Waals surface area contributed by atoms with E-state index in [0.29, 0.717) is 0 Å². The predicted molar refractivity (Wildman–Crippen MR) is 56.7 cm³/mol. The van der Waals surface area contributed by atoms with Gasteiger partial charge in [0.25, 0.3) is 0 Å². The Morgan fingerprint density at radius 3 is 3.20 bits per heavy atom. The molecule has 0 radical (unpaired) electrons. The molecule has 0 spiro atoms. The van der Waals surface area contributed by atoms with E-state index in [1.165, 1.54) is 6.42 Å². The van der Waals surface area contributed by atoms with Crippen LogP contribution in [0.25, 0.3) is 0 Å². The second kappa shape index (κ2) is 5.28. The molecule has 0 bridgehead atoms. The first-order valence-corrected chi connectivity index (χ1v) is 5.61. The lowest BCUT2D eigenvalue weighted by atomic mass is 10.1. The average molecular weight is 210 g/mol. The molecule has 1 unspecified atom stereocenters. The van der Waals surface area contributed by atoms with E-state index in [1.54, 1.807) is 0 Å². The van der Waals surface area contributed by atoms with Gasteiger partial charge < -0.3 is 14.5 Å². The van der Waals surface area contributed by atoms with Gasteiger partial charge in [-0.15, -0.1) is 0 Å². The van der Waals surface area contributed by atoms with Crippen molar-refractivity contribution in [1.29, 1.82) is 0 Å². The molecule has 1 aromatic heterocycles. The molecule has 1 aliphatic rings. The zero-order valence-corrected chi connectivity index (χ0v) is 9.16. The van der Waals surface area contributed by atoms with Crippen LogP contribution in [0, 0.1) is 0 Å². The zero-order valence-electron chi connectivity index (χ0n) is 9.16. The highest BCUT2D eigenvalue weighted by atomic mass is 16.5. The Hall–Kier alpha value is -0.870. The standard InChI is InChI=1S/C11H18N2O2/c1-12-6-5-9-8-13-11(15-9)10-4-2-3-7-14-10/h8,10,12H,2-7H2,1H3. The van der Waals surface area contributed by atoms with Crippen LogP contribution in [-0.2, 0) is 11.2 Å². The molecule has 1 saturated heterocycles. The molecule has 0 aromatic carbocycles. The van der Waals surface area contributed by atoms with Crippen LogP contribution in [0.15, 0.2) is 10.6 Å². The summed E-state index contributed by atoms with van der Waals surface area (Å²) in [7, 11) is 1.93. The maximum atomic E-state index is 5.65. The Bertz CT molecular complexity index is 293. The van der Waals surface area contributed by atoms with Crippen LogP contribution in [0.2, 0.25) is 0 Å². The summed E-state index contributed by atoms with van der Waals surface area (Å²) < 4.78 is 11.3. The largest absolute Gasteiger partial charge is 0.443 e. The Labute approximate surface area is 90.0 Å². The van der Waals surface area contributed by atoms with Crippen LogP contribution in [0.5, 0.6) is 0 Å². The number of nitrogens with one attached hydrogen (secondary N) is 1. The van der Waals surface area contributed by atoms with Gasteiger partial charge in [-0.25, -0.2) is 4.98 Å². The van der Waals surface area contributed by atoms with Crippen molar-refractivity contribution in [1.82, 2.24) is 10.3 Å². The highest BCUT2D eigenvalue weighted by Crippen LogP contribution is 2.27. The molecule has 1 N–H and O–H groups in total. The number of hydrogen-bond acceptors (Lipinski definition) is 4. The van der Waals surface area contributed by atoms with Crippen LogP contribution in [-0.4, -0.2) is 25.2 Å². The smallest absolute Gasteiger partial charge is 0.223 e. The van der Waals surface area contributed by atoms with Gasteiger partial charge in [0.2, 0.25) is 5.89 Å². The summed E-state index contributed by atoms with van der Waals surface area (Å²) in [5.74, 6) is 1.69. The Balaban J connectivity index is 1.93. The number of likely N-dealkylation sites (N-methyl/N-ethyl adjacent to an activating group) is 1. The summed E-state index contributed by atoms with van der Waals surface area (Å²) >= 11 is 0. The molecule has 1 aromatic rings. The lowest BCUT2D eigenvalue weighted by Gasteiger charge is -2.19. The Kier molecular flexibility index (Phi) is 3.75. The number of rotatable bonds is 4.